The van der Waals surface area contributed by atoms with E-state index in [1.165, 1.54) is 5.56 Å². The molecule has 0 spiro atoms. The fraction of sp³-hybridized carbons (Fsp3) is 0.458. The lowest BCUT2D eigenvalue weighted by Gasteiger charge is -2.25. The Morgan fingerprint density at radius 1 is 0.967 bits per heavy atom. The largest absolute Gasteiger partial charge is 0.349 e. The minimum atomic E-state index is -3.41. The third kappa shape index (κ3) is 5.10. The van der Waals surface area contributed by atoms with Crippen LogP contribution in [-0.4, -0.2) is 31.7 Å². The van der Waals surface area contributed by atoms with Crippen molar-refractivity contribution in [3.05, 3.63) is 65.7 Å². The van der Waals surface area contributed by atoms with Crippen LogP contribution in [0.5, 0.6) is 0 Å². The molecular weight excluding hydrogens is 396 g/mol. The second-order valence-electron chi connectivity index (χ2n) is 8.40. The van der Waals surface area contributed by atoms with Crippen molar-refractivity contribution in [2.45, 2.75) is 55.9 Å². The molecule has 2 aliphatic rings. The lowest BCUT2D eigenvalue weighted by molar-refractivity contribution is -0.122. The molecule has 1 aliphatic carbocycles. The number of carbonyl (C=O) groups is 1. The first-order valence-electron chi connectivity index (χ1n) is 11.0. The molecule has 30 heavy (non-hydrogen) atoms. The van der Waals surface area contributed by atoms with Gasteiger partial charge < -0.3 is 5.32 Å². The average molecular weight is 427 g/mol. The predicted molar refractivity (Wildman–Crippen MR) is 117 cm³/mol. The van der Waals surface area contributed by atoms with Crippen molar-refractivity contribution >= 4 is 15.9 Å². The summed E-state index contributed by atoms with van der Waals surface area (Å²) in [6, 6.07) is 17.3. The van der Waals surface area contributed by atoms with Crippen molar-refractivity contribution in [3.63, 3.8) is 0 Å². The molecule has 160 valence electrons. The van der Waals surface area contributed by atoms with Gasteiger partial charge in [-0.15, -0.1) is 0 Å². The third-order valence-corrected chi connectivity index (χ3v) is 8.00. The Morgan fingerprint density at radius 2 is 1.63 bits per heavy atom. The number of hydrogen-bond acceptors (Lipinski definition) is 3. The maximum Gasteiger partial charge on any atom is 0.243 e. The van der Waals surface area contributed by atoms with Gasteiger partial charge in [0.1, 0.15) is 0 Å². The number of nitrogens with zero attached hydrogens (tertiary/aromatic N) is 1. The Hall–Kier alpha value is -2.18. The lowest BCUT2D eigenvalue weighted by Crippen LogP contribution is -2.35. The highest BCUT2D eigenvalue weighted by molar-refractivity contribution is 7.89. The molecular formula is C24H30N2O3S. The van der Waals surface area contributed by atoms with E-state index in [-0.39, 0.29) is 11.9 Å². The van der Waals surface area contributed by atoms with Gasteiger partial charge in [-0.25, -0.2) is 8.42 Å². The van der Waals surface area contributed by atoms with E-state index in [2.05, 4.69) is 17.4 Å². The number of amides is 1. The third-order valence-electron chi connectivity index (χ3n) is 6.09. The Balaban J connectivity index is 1.33. The zero-order valence-electron chi connectivity index (χ0n) is 17.3. The molecule has 0 bridgehead atoms. The molecule has 6 heteroatoms. The maximum absolute atomic E-state index is 12.8. The highest BCUT2D eigenvalue weighted by Crippen LogP contribution is 2.41. The van der Waals surface area contributed by atoms with Gasteiger partial charge in [0.05, 0.1) is 10.9 Å². The van der Waals surface area contributed by atoms with Crippen molar-refractivity contribution in [3.8, 4) is 0 Å². The summed E-state index contributed by atoms with van der Waals surface area (Å²) in [4.78, 5) is 12.9. The molecule has 5 nitrogen and oxygen atoms in total. The summed E-state index contributed by atoms with van der Waals surface area (Å²) >= 11 is 0. The summed E-state index contributed by atoms with van der Waals surface area (Å²) in [5, 5.41) is 3.20. The minimum absolute atomic E-state index is 0.0424. The van der Waals surface area contributed by atoms with E-state index >= 15 is 0 Å². The summed E-state index contributed by atoms with van der Waals surface area (Å²) in [6.45, 7) is 1.21. The van der Waals surface area contributed by atoms with Crippen LogP contribution in [0.15, 0.2) is 59.5 Å². The number of aryl methyl sites for hydroxylation is 1. The SMILES string of the molecule is O=C(CCc1ccc(S(=O)(=O)N2CCCCC2)cc1)NC(c1ccccc1)C1CC1. The lowest BCUT2D eigenvalue weighted by atomic mass is 10.0. The van der Waals surface area contributed by atoms with Gasteiger partial charge >= 0.3 is 0 Å². The molecule has 1 heterocycles. The number of carbonyl (C=O) groups excluding carboxylic acids is 1. The Bertz CT molecular complexity index is 948. The molecule has 4 rings (SSSR count). The second kappa shape index (κ2) is 9.31. The number of sulfonamides is 1. The molecule has 1 aliphatic heterocycles. The van der Waals surface area contributed by atoms with Crippen molar-refractivity contribution in [1.29, 1.82) is 0 Å². The van der Waals surface area contributed by atoms with Crippen LogP contribution in [0, 0.1) is 5.92 Å². The van der Waals surface area contributed by atoms with E-state index in [4.69, 9.17) is 0 Å². The Morgan fingerprint density at radius 3 is 2.27 bits per heavy atom. The van der Waals surface area contributed by atoms with E-state index in [1.807, 2.05) is 30.3 Å². The molecule has 1 saturated carbocycles. The van der Waals surface area contributed by atoms with Gasteiger partial charge in [0, 0.05) is 19.5 Å². The van der Waals surface area contributed by atoms with Gasteiger partial charge in [0.2, 0.25) is 15.9 Å². The minimum Gasteiger partial charge on any atom is -0.349 e. The van der Waals surface area contributed by atoms with Crippen LogP contribution in [0.3, 0.4) is 0 Å². The van der Waals surface area contributed by atoms with Gasteiger partial charge in [-0.1, -0.05) is 48.9 Å². The molecule has 2 aromatic rings. The Labute approximate surface area is 179 Å². The molecule has 1 unspecified atom stereocenters. The van der Waals surface area contributed by atoms with Crippen LogP contribution >= 0.6 is 0 Å². The number of hydrogen-bond donors (Lipinski definition) is 1. The predicted octanol–water partition coefficient (Wildman–Crippen LogP) is 4.06. The summed E-state index contributed by atoms with van der Waals surface area (Å²) in [5.41, 5.74) is 2.14. The van der Waals surface area contributed by atoms with Crippen molar-refractivity contribution in [2.75, 3.05) is 13.1 Å². The summed E-state index contributed by atoms with van der Waals surface area (Å²) in [5.74, 6) is 0.580. The molecule has 2 fully saturated rings. The molecule has 1 saturated heterocycles. The second-order valence-corrected chi connectivity index (χ2v) is 10.3. The molecule has 0 radical (unpaired) electrons. The monoisotopic (exact) mass is 426 g/mol. The number of rotatable bonds is 8. The molecule has 1 amide bonds. The van der Waals surface area contributed by atoms with Crippen LogP contribution < -0.4 is 5.32 Å². The smallest absolute Gasteiger partial charge is 0.243 e. The maximum atomic E-state index is 12.8. The number of nitrogens with one attached hydrogen (secondary N) is 1. The highest BCUT2D eigenvalue weighted by Gasteiger charge is 2.33. The fourth-order valence-corrected chi connectivity index (χ4v) is 5.67. The molecule has 1 N–H and O–H groups in total. The highest BCUT2D eigenvalue weighted by atomic mass is 32.2. The quantitative estimate of drug-likeness (QED) is 0.692. The van der Waals surface area contributed by atoms with E-state index in [9.17, 15) is 13.2 Å². The molecule has 1 atom stereocenters. The van der Waals surface area contributed by atoms with Crippen LogP contribution in [-0.2, 0) is 21.2 Å². The van der Waals surface area contributed by atoms with Crippen LogP contribution in [0.1, 0.15) is 55.7 Å². The first kappa shape index (κ1) is 21.1. The van der Waals surface area contributed by atoms with Crippen LogP contribution in [0.2, 0.25) is 0 Å². The fourth-order valence-electron chi connectivity index (χ4n) is 4.15. The van der Waals surface area contributed by atoms with Crippen molar-refractivity contribution in [1.82, 2.24) is 9.62 Å². The summed E-state index contributed by atoms with van der Waals surface area (Å²) < 4.78 is 27.1. The normalized spacial score (nSPS) is 18.7. The molecule has 2 aromatic carbocycles. The van der Waals surface area contributed by atoms with Gasteiger partial charge in [0.25, 0.3) is 0 Å². The average Bonchev–Trinajstić information content (AvgIpc) is 3.63. The number of benzene rings is 2. The van der Waals surface area contributed by atoms with Crippen LogP contribution in [0.4, 0.5) is 0 Å². The topological polar surface area (TPSA) is 66.5 Å². The van der Waals surface area contributed by atoms with Crippen LogP contribution in [0.25, 0.3) is 0 Å². The standard InChI is InChI=1S/C24H30N2O3S/c27-23(25-24(21-12-13-21)20-7-3-1-4-8-20)16-11-19-9-14-22(15-10-19)30(28,29)26-17-5-2-6-18-26/h1,3-4,7-10,14-15,21,24H,2,5-6,11-13,16-18H2,(H,25,27). The van der Waals surface area contributed by atoms with Gasteiger partial charge in [0.15, 0.2) is 0 Å². The van der Waals surface area contributed by atoms with E-state index in [1.54, 1.807) is 16.4 Å². The van der Waals surface area contributed by atoms with E-state index in [0.717, 1.165) is 37.7 Å². The zero-order valence-corrected chi connectivity index (χ0v) is 18.1. The first-order chi connectivity index (χ1) is 14.5. The van der Waals surface area contributed by atoms with Crippen molar-refractivity contribution < 1.29 is 13.2 Å². The van der Waals surface area contributed by atoms with Gasteiger partial charge in [-0.3, -0.25) is 4.79 Å². The summed E-state index contributed by atoms with van der Waals surface area (Å²) in [6.07, 6.45) is 6.27. The zero-order chi connectivity index (χ0) is 21.0. The summed E-state index contributed by atoms with van der Waals surface area (Å²) in [7, 11) is -3.41. The van der Waals surface area contributed by atoms with Gasteiger partial charge in [-0.2, -0.15) is 4.31 Å². The van der Waals surface area contributed by atoms with E-state index < -0.39 is 10.0 Å². The Kier molecular flexibility index (Phi) is 6.54. The van der Waals surface area contributed by atoms with E-state index in [0.29, 0.717) is 36.7 Å². The molecule has 0 aromatic heterocycles. The number of piperidine rings is 1. The first-order valence-corrected chi connectivity index (χ1v) is 12.4. The van der Waals surface area contributed by atoms with Gasteiger partial charge in [-0.05, 0) is 61.3 Å². The van der Waals surface area contributed by atoms with Crippen molar-refractivity contribution in [2.24, 2.45) is 5.92 Å².